The fourth-order valence-corrected chi connectivity index (χ4v) is 6.15. The van der Waals surface area contributed by atoms with Crippen LogP contribution in [0.15, 0.2) is 12.1 Å². The molecule has 3 fully saturated rings. The molecule has 3 aliphatic rings. The molecule has 1 aromatic rings. The van der Waals surface area contributed by atoms with Gasteiger partial charge in [0.1, 0.15) is 36.6 Å². The SMILES string of the molecule is CC1OC(OCCNC(=O)C2CN(C(=O)CCCCC(=O)On3c(O)ccc3O)CC2C(=O)NCCOC2OC(C)C(O)C(O)C2O)C(O)C(O)C1O. The number of aliphatic hydroxyl groups is 6. The number of hydrogen-bond donors (Lipinski definition) is 10. The van der Waals surface area contributed by atoms with Crippen LogP contribution in [0.2, 0.25) is 0 Å². The van der Waals surface area contributed by atoms with Crippen molar-refractivity contribution in [3.8, 4) is 11.8 Å². The smallest absolute Gasteiger partial charge is 0.333 e. The van der Waals surface area contributed by atoms with Gasteiger partial charge in [-0.05, 0) is 26.7 Å². The van der Waals surface area contributed by atoms with Gasteiger partial charge in [-0.3, -0.25) is 14.4 Å². The number of ether oxygens (including phenoxy) is 4. The lowest BCUT2D eigenvalue weighted by Gasteiger charge is -2.38. The quantitative estimate of drug-likeness (QED) is 0.0709. The topological polar surface area (TPSA) is 308 Å². The highest BCUT2D eigenvalue weighted by atomic mass is 16.7. The van der Waals surface area contributed by atoms with E-state index in [2.05, 4.69) is 10.6 Å². The van der Waals surface area contributed by atoms with Crippen LogP contribution in [0.25, 0.3) is 0 Å². The number of aromatic nitrogens is 1. The Morgan fingerprint density at radius 3 is 1.58 bits per heavy atom. The van der Waals surface area contributed by atoms with Gasteiger partial charge in [0.2, 0.25) is 29.5 Å². The van der Waals surface area contributed by atoms with Gasteiger partial charge >= 0.3 is 5.97 Å². The van der Waals surface area contributed by atoms with Crippen LogP contribution in [0.4, 0.5) is 0 Å². The van der Waals surface area contributed by atoms with Crippen molar-refractivity contribution >= 4 is 23.7 Å². The van der Waals surface area contributed by atoms with Crippen LogP contribution in [0, 0.1) is 11.8 Å². The number of likely N-dealkylation sites (tertiary alicyclic amines) is 1. The number of amides is 3. The molecule has 0 spiro atoms. The Morgan fingerprint density at radius 1 is 0.698 bits per heavy atom. The van der Waals surface area contributed by atoms with Gasteiger partial charge in [-0.1, -0.05) is 0 Å². The largest absolute Gasteiger partial charge is 0.492 e. The van der Waals surface area contributed by atoms with E-state index in [9.17, 15) is 60.0 Å². The molecule has 300 valence electrons. The Kier molecular flexibility index (Phi) is 15.2. The maximum Gasteiger partial charge on any atom is 0.333 e. The van der Waals surface area contributed by atoms with Crippen LogP contribution in [0.5, 0.6) is 11.8 Å². The highest BCUT2D eigenvalue weighted by Crippen LogP contribution is 2.27. The highest BCUT2D eigenvalue weighted by molar-refractivity contribution is 5.90. The van der Waals surface area contributed by atoms with E-state index in [0.717, 1.165) is 12.1 Å². The molecule has 0 aromatic carbocycles. The van der Waals surface area contributed by atoms with Gasteiger partial charge in [-0.25, -0.2) is 4.79 Å². The standard InChI is InChI=1S/C32H50N4O17/c1-15-23(41)25(43)27(45)31(51-15)49-11-9-33-29(47)17-13-35(19(37)5-3-4-6-22(40)53-36-20(38)7-8-21(36)39)14-18(17)30(48)34-10-12-50-32-28(46)26(44)24(42)16(2)52-32/h7-8,15-18,23-28,31-32,38-39,41-46H,3-6,9-14H2,1-2H3,(H,33,47)(H,34,48). The number of hydrogen-bond acceptors (Lipinski definition) is 17. The van der Waals surface area contributed by atoms with E-state index in [4.69, 9.17) is 23.8 Å². The first kappa shape index (κ1) is 42.1. The molecule has 21 heteroatoms. The summed E-state index contributed by atoms with van der Waals surface area (Å²) in [6.45, 7) is 2.23. The summed E-state index contributed by atoms with van der Waals surface area (Å²) in [5, 5.41) is 84.5. The van der Waals surface area contributed by atoms with E-state index in [1.807, 2.05) is 0 Å². The molecule has 0 bridgehead atoms. The molecule has 53 heavy (non-hydrogen) atoms. The Morgan fingerprint density at radius 2 is 1.13 bits per heavy atom. The summed E-state index contributed by atoms with van der Waals surface area (Å²) in [6, 6.07) is 2.27. The van der Waals surface area contributed by atoms with Crippen molar-refractivity contribution in [3.63, 3.8) is 0 Å². The molecule has 12 atom stereocenters. The molecule has 4 rings (SSSR count). The van der Waals surface area contributed by atoms with Crippen molar-refractivity contribution < 1.29 is 83.8 Å². The van der Waals surface area contributed by atoms with Crippen LogP contribution < -0.4 is 15.5 Å². The van der Waals surface area contributed by atoms with Gasteiger partial charge in [-0.2, -0.15) is 0 Å². The van der Waals surface area contributed by atoms with Crippen molar-refractivity contribution in [1.82, 2.24) is 20.3 Å². The first-order chi connectivity index (χ1) is 25.1. The zero-order chi connectivity index (χ0) is 39.0. The molecule has 12 unspecified atom stereocenters. The van der Waals surface area contributed by atoms with Gasteiger partial charge in [0, 0.05) is 51.2 Å². The summed E-state index contributed by atoms with van der Waals surface area (Å²) >= 11 is 0. The molecule has 21 nitrogen and oxygen atoms in total. The molecule has 0 saturated carbocycles. The Labute approximate surface area is 303 Å². The van der Waals surface area contributed by atoms with E-state index in [1.54, 1.807) is 0 Å². The second kappa shape index (κ2) is 19.1. The van der Waals surface area contributed by atoms with E-state index in [0.29, 0.717) is 4.73 Å². The summed E-state index contributed by atoms with van der Waals surface area (Å²) in [5.41, 5.74) is 0. The third kappa shape index (κ3) is 10.7. The third-order valence-electron chi connectivity index (χ3n) is 9.34. The monoisotopic (exact) mass is 762 g/mol. The minimum atomic E-state index is -1.54. The first-order valence-electron chi connectivity index (χ1n) is 17.4. The number of aromatic hydroxyl groups is 2. The third-order valence-corrected chi connectivity index (χ3v) is 9.34. The molecule has 3 saturated heterocycles. The van der Waals surface area contributed by atoms with Crippen molar-refractivity contribution in [1.29, 1.82) is 0 Å². The van der Waals surface area contributed by atoms with Gasteiger partial charge in [0.05, 0.1) is 37.3 Å². The lowest BCUT2D eigenvalue weighted by Crippen LogP contribution is -2.57. The normalized spacial score (nSPS) is 33.0. The fourth-order valence-electron chi connectivity index (χ4n) is 6.15. The number of nitrogens with zero attached hydrogens (tertiary/aromatic N) is 2. The van der Waals surface area contributed by atoms with Gasteiger partial charge in [0.15, 0.2) is 12.6 Å². The minimum absolute atomic E-state index is 0.0248. The van der Waals surface area contributed by atoms with Crippen LogP contribution >= 0.6 is 0 Å². The van der Waals surface area contributed by atoms with E-state index in [1.165, 1.54) is 18.7 Å². The maximum atomic E-state index is 13.3. The number of nitrogens with one attached hydrogen (secondary N) is 2. The Bertz CT molecular complexity index is 1320. The summed E-state index contributed by atoms with van der Waals surface area (Å²) in [4.78, 5) is 58.1. The van der Waals surface area contributed by atoms with E-state index in [-0.39, 0.29) is 71.0 Å². The molecule has 1 aromatic heterocycles. The summed E-state index contributed by atoms with van der Waals surface area (Å²) in [5.74, 6) is -5.23. The highest BCUT2D eigenvalue weighted by Gasteiger charge is 2.45. The summed E-state index contributed by atoms with van der Waals surface area (Å²) in [6.07, 6.45) is -12.6. The molecule has 10 N–H and O–H groups in total. The minimum Gasteiger partial charge on any atom is -0.492 e. The molecular formula is C32H50N4O17. The zero-order valence-electron chi connectivity index (χ0n) is 29.3. The lowest BCUT2D eigenvalue weighted by molar-refractivity contribution is -0.292. The molecule has 4 heterocycles. The average molecular weight is 763 g/mol. The number of aliphatic hydroxyl groups excluding tert-OH is 6. The predicted molar refractivity (Wildman–Crippen MR) is 174 cm³/mol. The molecule has 3 amide bonds. The van der Waals surface area contributed by atoms with Crippen LogP contribution in [0.1, 0.15) is 39.5 Å². The Balaban J connectivity index is 1.28. The molecule has 0 radical (unpaired) electrons. The van der Waals surface area contributed by atoms with Gasteiger partial charge in [0.25, 0.3) is 0 Å². The van der Waals surface area contributed by atoms with Crippen molar-refractivity contribution in [2.75, 3.05) is 39.4 Å². The van der Waals surface area contributed by atoms with Crippen LogP contribution in [0.3, 0.4) is 0 Å². The molecule has 0 aliphatic carbocycles. The van der Waals surface area contributed by atoms with Crippen LogP contribution in [-0.4, -0.2) is 175 Å². The second-order valence-corrected chi connectivity index (χ2v) is 13.2. The number of carbonyl (C=O) groups excluding carboxylic acids is 4. The number of unbranched alkanes of at least 4 members (excludes halogenated alkanes) is 1. The number of carbonyl (C=O) groups is 4. The Hall–Kier alpha value is -3.64. The second-order valence-electron chi connectivity index (χ2n) is 13.2. The van der Waals surface area contributed by atoms with E-state index >= 15 is 0 Å². The lowest BCUT2D eigenvalue weighted by atomic mass is 9.94. The predicted octanol–water partition coefficient (Wildman–Crippen LogP) is -4.59. The zero-order valence-corrected chi connectivity index (χ0v) is 29.3. The maximum absolute atomic E-state index is 13.3. The fraction of sp³-hybridized carbons (Fsp3) is 0.750. The molecule has 3 aliphatic heterocycles. The first-order valence-corrected chi connectivity index (χ1v) is 17.4. The summed E-state index contributed by atoms with van der Waals surface area (Å²) in [7, 11) is 0. The van der Waals surface area contributed by atoms with Crippen LogP contribution in [-0.2, 0) is 38.1 Å². The van der Waals surface area contributed by atoms with Gasteiger partial charge < -0.3 is 80.2 Å². The average Bonchev–Trinajstić information content (AvgIpc) is 3.72. The van der Waals surface area contributed by atoms with Crippen molar-refractivity contribution in [2.45, 2.75) is 101 Å². The van der Waals surface area contributed by atoms with Crippen molar-refractivity contribution in [2.24, 2.45) is 11.8 Å². The van der Waals surface area contributed by atoms with Gasteiger partial charge in [-0.15, -0.1) is 4.73 Å². The number of rotatable bonds is 16. The van der Waals surface area contributed by atoms with Crippen molar-refractivity contribution in [3.05, 3.63) is 12.1 Å². The summed E-state index contributed by atoms with van der Waals surface area (Å²) < 4.78 is 22.2. The van der Waals surface area contributed by atoms with E-state index < -0.39 is 103 Å². The molecular weight excluding hydrogens is 712 g/mol.